The minimum Gasteiger partial charge on any atom is -0.466 e. The number of carbonyl (C=O) groups excluding carboxylic acids is 5. The number of esters is 2. The molecule has 11 heteroatoms. The van der Waals surface area contributed by atoms with Gasteiger partial charge in [0, 0.05) is 24.7 Å². The van der Waals surface area contributed by atoms with Crippen LogP contribution in [0.5, 0.6) is 0 Å². The molecule has 0 radical (unpaired) electrons. The van der Waals surface area contributed by atoms with E-state index in [9.17, 15) is 24.0 Å². The van der Waals surface area contributed by atoms with E-state index in [1.54, 1.807) is 89.2 Å². The average molecular weight is 657 g/mol. The molecule has 11 nitrogen and oxygen atoms in total. The number of amides is 3. The molecule has 0 saturated carbocycles. The zero-order valence-electron chi connectivity index (χ0n) is 28.1. The lowest BCUT2D eigenvalue weighted by Gasteiger charge is -2.35. The summed E-state index contributed by atoms with van der Waals surface area (Å²) in [7, 11) is 0. The Hall–Kier alpha value is -5.03. The number of nitrogens with zero attached hydrogens (tertiary/aromatic N) is 2. The molecule has 1 aliphatic heterocycles. The van der Waals surface area contributed by atoms with E-state index in [0.717, 1.165) is 0 Å². The molecular weight excluding hydrogens is 612 g/mol. The van der Waals surface area contributed by atoms with Crippen molar-refractivity contribution in [2.45, 2.75) is 77.6 Å². The molecule has 0 aliphatic carbocycles. The van der Waals surface area contributed by atoms with Gasteiger partial charge in [-0.25, -0.2) is 0 Å². The van der Waals surface area contributed by atoms with Crippen molar-refractivity contribution in [2.75, 3.05) is 18.1 Å². The first kappa shape index (κ1) is 35.8. The van der Waals surface area contributed by atoms with Gasteiger partial charge in [0.25, 0.3) is 11.8 Å². The van der Waals surface area contributed by atoms with Gasteiger partial charge in [0.2, 0.25) is 5.91 Å². The van der Waals surface area contributed by atoms with Gasteiger partial charge >= 0.3 is 11.9 Å². The van der Waals surface area contributed by atoms with Crippen molar-refractivity contribution in [3.05, 3.63) is 95.6 Å². The fourth-order valence-electron chi connectivity index (χ4n) is 5.55. The molecule has 0 fully saturated rings. The Morgan fingerprint density at radius 1 is 0.958 bits per heavy atom. The quantitative estimate of drug-likeness (QED) is 0.269. The van der Waals surface area contributed by atoms with Crippen LogP contribution >= 0.6 is 0 Å². The number of anilines is 2. The molecule has 3 aromatic rings. The van der Waals surface area contributed by atoms with Crippen LogP contribution in [0.3, 0.4) is 0 Å². The van der Waals surface area contributed by atoms with Gasteiger partial charge in [-0.1, -0.05) is 54.6 Å². The molecule has 3 aromatic carbocycles. The van der Waals surface area contributed by atoms with Crippen LogP contribution in [0.1, 0.15) is 75.0 Å². The van der Waals surface area contributed by atoms with Crippen molar-refractivity contribution in [1.29, 1.82) is 0 Å². The third-order valence-corrected chi connectivity index (χ3v) is 7.74. The second-order valence-corrected chi connectivity index (χ2v) is 12.7. The summed E-state index contributed by atoms with van der Waals surface area (Å²) in [6, 6.07) is 20.5. The summed E-state index contributed by atoms with van der Waals surface area (Å²) in [6.07, 6.45) is 0.223. The maximum absolute atomic E-state index is 14.7. The zero-order chi connectivity index (χ0) is 35.0. The lowest BCUT2D eigenvalue weighted by atomic mass is 10.00. The smallest absolute Gasteiger partial charge is 0.325 e. The third kappa shape index (κ3) is 8.86. The number of hydrogen-bond acceptors (Lipinski definition) is 8. The molecule has 0 bridgehead atoms. The molecule has 3 N–H and O–H groups in total. The van der Waals surface area contributed by atoms with Crippen LogP contribution in [-0.4, -0.2) is 65.4 Å². The molecule has 254 valence electrons. The standard InChI is InChI=1S/C37H44N4O7/c1-6-47-32(43)21-24(2)40-33(26-13-9-7-10-14-26)35(45)41(27-15-11-8-12-16-27)30-19-17-25(22-28(30)34(40)44)18-20-31(42)39-23-29(38)36(46)48-37(3,4)5/h7-17,19,22,24,29,33H,6,18,20-21,23,38H2,1-5H3,(H,39,42). The van der Waals surface area contributed by atoms with Crippen LogP contribution in [0, 0.1) is 0 Å². The van der Waals surface area contributed by atoms with Crippen molar-refractivity contribution in [2.24, 2.45) is 5.73 Å². The first-order valence-electron chi connectivity index (χ1n) is 16.1. The number of benzene rings is 3. The Bertz CT molecular complexity index is 1620. The summed E-state index contributed by atoms with van der Waals surface area (Å²) in [5.41, 5.74) is 7.71. The molecule has 4 rings (SSSR count). The Balaban J connectivity index is 1.67. The Morgan fingerprint density at radius 3 is 2.23 bits per heavy atom. The van der Waals surface area contributed by atoms with Gasteiger partial charge in [0.05, 0.1) is 24.3 Å². The number of fused-ring (bicyclic) bond motifs is 1. The summed E-state index contributed by atoms with van der Waals surface area (Å²) < 4.78 is 10.5. The molecule has 0 saturated heterocycles. The largest absolute Gasteiger partial charge is 0.466 e. The van der Waals surface area contributed by atoms with Crippen molar-refractivity contribution < 1.29 is 33.4 Å². The third-order valence-electron chi connectivity index (χ3n) is 7.74. The first-order valence-corrected chi connectivity index (χ1v) is 16.1. The van der Waals surface area contributed by atoms with Crippen LogP contribution in [0.4, 0.5) is 11.4 Å². The summed E-state index contributed by atoms with van der Waals surface area (Å²) in [5, 5.41) is 2.67. The molecular formula is C37H44N4O7. The van der Waals surface area contributed by atoms with Crippen molar-refractivity contribution >= 4 is 41.0 Å². The van der Waals surface area contributed by atoms with Crippen LogP contribution in [0.25, 0.3) is 0 Å². The lowest BCUT2D eigenvalue weighted by Crippen LogP contribution is -2.46. The van der Waals surface area contributed by atoms with Crippen LogP contribution in [0.2, 0.25) is 0 Å². The highest BCUT2D eigenvalue weighted by atomic mass is 16.6. The van der Waals surface area contributed by atoms with Crippen LogP contribution in [0.15, 0.2) is 78.9 Å². The molecule has 1 aliphatic rings. The van der Waals surface area contributed by atoms with E-state index in [0.29, 0.717) is 22.5 Å². The summed E-state index contributed by atoms with van der Waals surface area (Å²) in [5.74, 6) is -2.21. The Kier molecular flexibility index (Phi) is 11.7. The van der Waals surface area contributed by atoms with E-state index >= 15 is 0 Å². The van der Waals surface area contributed by atoms with Crippen molar-refractivity contribution in [3.8, 4) is 0 Å². The van der Waals surface area contributed by atoms with E-state index in [1.165, 1.54) is 9.80 Å². The summed E-state index contributed by atoms with van der Waals surface area (Å²) in [6.45, 7) is 8.75. The number of para-hydroxylation sites is 1. The monoisotopic (exact) mass is 656 g/mol. The average Bonchev–Trinajstić information content (AvgIpc) is 3.14. The van der Waals surface area contributed by atoms with E-state index in [1.807, 2.05) is 24.3 Å². The van der Waals surface area contributed by atoms with E-state index in [2.05, 4.69) is 5.32 Å². The number of ether oxygens (including phenoxy) is 2. The molecule has 3 unspecified atom stereocenters. The van der Waals surface area contributed by atoms with Crippen LogP contribution in [-0.2, 0) is 35.1 Å². The topological polar surface area (TPSA) is 148 Å². The first-order chi connectivity index (χ1) is 22.8. The van der Waals surface area contributed by atoms with Gasteiger partial charge in [-0.15, -0.1) is 0 Å². The highest BCUT2D eigenvalue weighted by molar-refractivity contribution is 6.14. The van der Waals surface area contributed by atoms with Gasteiger partial charge in [-0.2, -0.15) is 0 Å². The second kappa shape index (κ2) is 15.7. The fourth-order valence-corrected chi connectivity index (χ4v) is 5.55. The summed E-state index contributed by atoms with van der Waals surface area (Å²) >= 11 is 0. The molecule has 48 heavy (non-hydrogen) atoms. The van der Waals surface area contributed by atoms with Gasteiger partial charge < -0.3 is 25.4 Å². The molecule has 3 amide bonds. The number of nitrogens with two attached hydrogens (primary N) is 1. The second-order valence-electron chi connectivity index (χ2n) is 12.7. The molecule has 0 aromatic heterocycles. The number of hydrogen-bond donors (Lipinski definition) is 2. The van der Waals surface area contributed by atoms with Crippen LogP contribution < -0.4 is 16.0 Å². The van der Waals surface area contributed by atoms with Gasteiger partial charge in [0.1, 0.15) is 17.7 Å². The highest BCUT2D eigenvalue weighted by Gasteiger charge is 2.43. The van der Waals surface area contributed by atoms with E-state index in [-0.39, 0.29) is 49.8 Å². The Labute approximate surface area is 281 Å². The predicted molar refractivity (Wildman–Crippen MR) is 181 cm³/mol. The highest BCUT2D eigenvalue weighted by Crippen LogP contribution is 2.40. The van der Waals surface area contributed by atoms with Gasteiger partial charge in [-0.3, -0.25) is 28.9 Å². The van der Waals surface area contributed by atoms with Crippen molar-refractivity contribution in [3.63, 3.8) is 0 Å². The molecule has 1 heterocycles. The number of nitrogens with one attached hydrogen (secondary N) is 1. The predicted octanol–water partition coefficient (Wildman–Crippen LogP) is 4.61. The minimum absolute atomic E-state index is 0.0605. The SMILES string of the molecule is CCOC(=O)CC(C)N1C(=O)c2cc(CCC(=O)NCC(N)C(=O)OC(C)(C)C)ccc2N(c2ccccc2)C(=O)C1c1ccccc1. The number of aryl methyl sites for hydroxylation is 1. The Morgan fingerprint density at radius 2 is 1.60 bits per heavy atom. The zero-order valence-corrected chi connectivity index (χ0v) is 28.1. The summed E-state index contributed by atoms with van der Waals surface area (Å²) in [4.78, 5) is 69.8. The molecule has 3 atom stereocenters. The van der Waals surface area contributed by atoms with Gasteiger partial charge in [-0.05, 0) is 76.4 Å². The maximum Gasteiger partial charge on any atom is 0.325 e. The maximum atomic E-state index is 14.7. The number of carbonyl (C=O) groups is 5. The number of rotatable bonds is 12. The van der Waals surface area contributed by atoms with E-state index < -0.39 is 41.6 Å². The minimum atomic E-state index is -1.04. The van der Waals surface area contributed by atoms with Crippen molar-refractivity contribution in [1.82, 2.24) is 10.2 Å². The lowest BCUT2D eigenvalue weighted by molar-refractivity contribution is -0.156. The normalized spacial score (nSPS) is 16.0. The molecule has 0 spiro atoms. The fraction of sp³-hybridized carbons (Fsp3) is 0.378. The van der Waals surface area contributed by atoms with E-state index in [4.69, 9.17) is 15.2 Å². The van der Waals surface area contributed by atoms with Gasteiger partial charge in [0.15, 0.2) is 0 Å².